The molecule has 0 radical (unpaired) electrons. The molecule has 0 bridgehead atoms. The second-order valence-corrected chi connectivity index (χ2v) is 11.6. The summed E-state index contributed by atoms with van der Waals surface area (Å²) in [5, 5.41) is 21.3. The Hall–Kier alpha value is -4.35. The minimum Gasteiger partial charge on any atom is -0.460 e. The summed E-state index contributed by atoms with van der Waals surface area (Å²) >= 11 is 0. The molecule has 1 amide bonds. The lowest BCUT2D eigenvalue weighted by Gasteiger charge is -2.48. The second-order valence-electron chi connectivity index (χ2n) is 11.6. The van der Waals surface area contributed by atoms with Gasteiger partial charge in [0.2, 0.25) is 0 Å². The van der Waals surface area contributed by atoms with Gasteiger partial charge in [-0.05, 0) is 45.2 Å². The largest absolute Gasteiger partial charge is 0.460 e. The van der Waals surface area contributed by atoms with E-state index >= 15 is 0 Å². The Bertz CT molecular complexity index is 1250. The van der Waals surface area contributed by atoms with Crippen molar-refractivity contribution in [2.75, 3.05) is 0 Å². The number of nitrogens with one attached hydrogen (secondary N) is 1. The number of carbonyl (C=O) groups excluding carboxylic acids is 5. The summed E-state index contributed by atoms with van der Waals surface area (Å²) in [7, 11) is 0. The number of aliphatic hydroxyl groups excluding tert-OH is 1. The molecule has 2 fully saturated rings. The highest BCUT2D eigenvalue weighted by molar-refractivity contribution is 5.69. The summed E-state index contributed by atoms with van der Waals surface area (Å²) < 4.78 is 38.7. The topological polar surface area (TPSA) is 280 Å². The first kappa shape index (κ1) is 37.8. The highest BCUT2D eigenvalue weighted by Crippen LogP contribution is 2.36. The van der Waals surface area contributed by atoms with E-state index in [1.165, 1.54) is 6.92 Å². The van der Waals surface area contributed by atoms with E-state index in [1.807, 2.05) is 0 Å². The molecule has 1 aliphatic heterocycles. The summed E-state index contributed by atoms with van der Waals surface area (Å²) in [5.41, 5.74) is 17.8. The van der Waals surface area contributed by atoms with Gasteiger partial charge in [-0.3, -0.25) is 19.2 Å². The lowest BCUT2D eigenvalue weighted by atomic mass is 9.83. The van der Waals surface area contributed by atoms with Gasteiger partial charge in [0.1, 0.15) is 30.0 Å². The summed E-state index contributed by atoms with van der Waals surface area (Å²) in [6, 6.07) is -4.00. The van der Waals surface area contributed by atoms with Crippen molar-refractivity contribution in [3.8, 4) is 0 Å². The van der Waals surface area contributed by atoms with Gasteiger partial charge < -0.3 is 43.6 Å². The maximum Gasteiger partial charge on any atom is 0.408 e. The van der Waals surface area contributed by atoms with Crippen LogP contribution >= 0.6 is 0 Å². The molecule has 20 nitrogen and oxygen atoms in total. The third kappa shape index (κ3) is 10.6. The van der Waals surface area contributed by atoms with Crippen LogP contribution in [-0.4, -0.2) is 108 Å². The van der Waals surface area contributed by atoms with Gasteiger partial charge >= 0.3 is 30.0 Å². The zero-order valence-corrected chi connectivity index (χ0v) is 26.6. The van der Waals surface area contributed by atoms with E-state index in [-0.39, 0.29) is 6.42 Å². The predicted octanol–water partition coefficient (Wildman–Crippen LogP) is 1.86. The maximum absolute atomic E-state index is 12.6. The number of azide groups is 2. The van der Waals surface area contributed by atoms with Crippen molar-refractivity contribution in [3.63, 3.8) is 0 Å². The Morgan fingerprint density at radius 3 is 1.91 bits per heavy atom. The van der Waals surface area contributed by atoms with E-state index in [4.69, 9.17) is 33.2 Å². The number of esters is 4. The molecule has 1 heterocycles. The molecule has 2 N–H and O–H groups in total. The van der Waals surface area contributed by atoms with Crippen LogP contribution < -0.4 is 5.32 Å². The van der Waals surface area contributed by atoms with Gasteiger partial charge in [0, 0.05) is 37.5 Å². The molecule has 0 aromatic carbocycles. The standard InChI is InChI=1S/C26H39N7O13/c1-10(40-11(2)34)19-23(43-14(5)37)22(42-13(4)36)17(31-33-28)24(44-19)45-21-16(30-32-27)9-15(20(18(21)38)41-12(3)35)29-25(39)46-26(6,7)8/h10,15-24,38H,9H2,1-8H3,(H,29,39)/t10-,15-,16?,17?,18?,19?,20?,21-,22?,23-,24-/m1/s1. The van der Waals surface area contributed by atoms with Crippen LogP contribution in [0.3, 0.4) is 0 Å². The van der Waals surface area contributed by atoms with Crippen molar-refractivity contribution in [3.05, 3.63) is 20.9 Å². The Kier molecular flexibility index (Phi) is 13.4. The second kappa shape index (κ2) is 16.3. The maximum atomic E-state index is 12.6. The summed E-state index contributed by atoms with van der Waals surface area (Å²) in [6.07, 6.45) is -13.4. The molecule has 0 aromatic rings. The first-order valence-corrected chi connectivity index (χ1v) is 14.1. The fourth-order valence-electron chi connectivity index (χ4n) is 5.13. The van der Waals surface area contributed by atoms with Crippen LogP contribution in [0.4, 0.5) is 4.79 Å². The first-order chi connectivity index (χ1) is 21.4. The fourth-order valence-corrected chi connectivity index (χ4v) is 5.13. The van der Waals surface area contributed by atoms with Gasteiger partial charge in [-0.25, -0.2) is 4.79 Å². The van der Waals surface area contributed by atoms with Crippen molar-refractivity contribution in [2.45, 2.75) is 135 Å². The van der Waals surface area contributed by atoms with E-state index in [1.54, 1.807) is 20.8 Å². The van der Waals surface area contributed by atoms with E-state index in [0.29, 0.717) is 0 Å². The van der Waals surface area contributed by atoms with Gasteiger partial charge in [0.05, 0.1) is 18.2 Å². The number of hydrogen-bond acceptors (Lipinski definition) is 15. The van der Waals surface area contributed by atoms with Crippen LogP contribution in [0.1, 0.15) is 61.8 Å². The third-order valence-corrected chi connectivity index (χ3v) is 6.60. The molecule has 46 heavy (non-hydrogen) atoms. The SMILES string of the molecule is CC(=O)OC1C(N=[N+]=[N-])[C@@H](O[C@@H]2C(N=[N+]=[N-])C[C@@H](NC(=O)OC(C)(C)C)C(OC(C)=O)C2O)OC([C@@H](C)OC(C)=O)[C@H]1OC(C)=O. The zero-order chi connectivity index (χ0) is 34.9. The summed E-state index contributed by atoms with van der Waals surface area (Å²) in [4.78, 5) is 66.1. The monoisotopic (exact) mass is 657 g/mol. The van der Waals surface area contributed by atoms with Crippen LogP contribution in [0.2, 0.25) is 0 Å². The van der Waals surface area contributed by atoms with Gasteiger partial charge in [0.15, 0.2) is 24.6 Å². The number of aliphatic hydroxyl groups is 1. The van der Waals surface area contributed by atoms with E-state index in [0.717, 1.165) is 27.7 Å². The molecule has 256 valence electrons. The minimum atomic E-state index is -1.81. The van der Waals surface area contributed by atoms with Crippen LogP contribution in [-0.2, 0) is 52.3 Å². The molecule has 1 saturated heterocycles. The van der Waals surface area contributed by atoms with Crippen LogP contribution in [0.15, 0.2) is 10.2 Å². The lowest BCUT2D eigenvalue weighted by molar-refractivity contribution is -0.305. The molecule has 1 aliphatic carbocycles. The predicted molar refractivity (Wildman–Crippen MR) is 151 cm³/mol. The van der Waals surface area contributed by atoms with Gasteiger partial charge in [-0.2, -0.15) is 0 Å². The van der Waals surface area contributed by atoms with Crippen molar-refractivity contribution >= 4 is 30.0 Å². The quantitative estimate of drug-likeness (QED) is 0.112. The number of amides is 1. The number of carbonyl (C=O) groups is 5. The molecule has 6 unspecified atom stereocenters. The molecule has 0 aromatic heterocycles. The van der Waals surface area contributed by atoms with E-state index in [9.17, 15) is 40.1 Å². The van der Waals surface area contributed by atoms with Crippen molar-refractivity contribution in [1.82, 2.24) is 5.32 Å². The van der Waals surface area contributed by atoms with E-state index < -0.39 is 103 Å². The Balaban J connectivity index is 2.59. The van der Waals surface area contributed by atoms with Crippen molar-refractivity contribution < 1.29 is 62.2 Å². The fraction of sp³-hybridized carbons (Fsp3) is 0.808. The Morgan fingerprint density at radius 2 is 1.41 bits per heavy atom. The Labute approximate surface area is 263 Å². The van der Waals surface area contributed by atoms with Crippen LogP contribution in [0.25, 0.3) is 20.9 Å². The molecule has 11 atom stereocenters. The van der Waals surface area contributed by atoms with Crippen molar-refractivity contribution in [1.29, 1.82) is 0 Å². The van der Waals surface area contributed by atoms with Gasteiger partial charge in [0.25, 0.3) is 0 Å². The number of alkyl carbamates (subject to hydrolysis) is 1. The van der Waals surface area contributed by atoms with Crippen molar-refractivity contribution in [2.24, 2.45) is 10.2 Å². The molecule has 20 heteroatoms. The average Bonchev–Trinajstić information content (AvgIpc) is 2.89. The molecule has 2 aliphatic rings. The smallest absolute Gasteiger partial charge is 0.408 e. The van der Waals surface area contributed by atoms with Crippen LogP contribution in [0, 0.1) is 0 Å². The molecule has 2 rings (SSSR count). The molecule has 0 spiro atoms. The number of ether oxygens (including phenoxy) is 7. The Morgan fingerprint density at radius 1 is 0.870 bits per heavy atom. The number of hydrogen-bond donors (Lipinski definition) is 2. The van der Waals surface area contributed by atoms with Crippen LogP contribution in [0.5, 0.6) is 0 Å². The molecular weight excluding hydrogens is 618 g/mol. The summed E-state index contributed by atoms with van der Waals surface area (Å²) in [6.45, 7) is 10.5. The number of rotatable bonds is 10. The van der Waals surface area contributed by atoms with Gasteiger partial charge in [-0.1, -0.05) is 10.2 Å². The number of nitrogens with zero attached hydrogens (tertiary/aromatic N) is 6. The lowest BCUT2D eigenvalue weighted by Crippen LogP contribution is -2.66. The normalized spacial score (nSPS) is 31.4. The van der Waals surface area contributed by atoms with E-state index in [2.05, 4.69) is 25.4 Å². The summed E-state index contributed by atoms with van der Waals surface area (Å²) in [5.74, 6) is -3.30. The highest BCUT2D eigenvalue weighted by atomic mass is 16.7. The van der Waals surface area contributed by atoms with Gasteiger partial charge in [-0.15, -0.1) is 0 Å². The third-order valence-electron chi connectivity index (χ3n) is 6.60. The minimum absolute atomic E-state index is 0.251. The first-order valence-electron chi connectivity index (χ1n) is 14.1. The molecule has 1 saturated carbocycles. The molecular formula is C26H39N7O13. The zero-order valence-electron chi connectivity index (χ0n) is 26.6. The average molecular weight is 658 g/mol. The highest BCUT2D eigenvalue weighted by Gasteiger charge is 2.55.